The summed E-state index contributed by atoms with van der Waals surface area (Å²) in [6.07, 6.45) is 0.639. The highest BCUT2D eigenvalue weighted by Crippen LogP contribution is 2.30. The molecule has 6 nitrogen and oxygen atoms in total. The Morgan fingerprint density at radius 3 is 2.72 bits per heavy atom. The second-order valence-electron chi connectivity index (χ2n) is 6.00. The lowest BCUT2D eigenvalue weighted by Crippen LogP contribution is -2.38. The molecular formula is C18H21N3O3S. The minimum absolute atomic E-state index is 0.158. The molecule has 0 atom stereocenters. The molecule has 0 aromatic heterocycles. The van der Waals surface area contributed by atoms with Gasteiger partial charge in [-0.2, -0.15) is 0 Å². The number of aryl methyl sites for hydroxylation is 1. The topological polar surface area (TPSA) is 78.5 Å². The SMILES string of the molecule is CCNC(=O)N1CCc2cc(S(=O)(=O)Nc3cccc(C)c3)ccc21. The highest BCUT2D eigenvalue weighted by molar-refractivity contribution is 7.92. The fourth-order valence-electron chi connectivity index (χ4n) is 2.93. The van der Waals surface area contributed by atoms with Gasteiger partial charge in [-0.05, 0) is 61.7 Å². The van der Waals surface area contributed by atoms with Crippen molar-refractivity contribution in [2.24, 2.45) is 0 Å². The molecule has 0 fully saturated rings. The van der Waals surface area contributed by atoms with E-state index in [0.717, 1.165) is 16.8 Å². The fourth-order valence-corrected chi connectivity index (χ4v) is 4.03. The van der Waals surface area contributed by atoms with Gasteiger partial charge in [0.05, 0.1) is 4.90 Å². The van der Waals surface area contributed by atoms with Crippen LogP contribution in [0.2, 0.25) is 0 Å². The van der Waals surface area contributed by atoms with Crippen LogP contribution in [0.5, 0.6) is 0 Å². The normalized spacial score (nSPS) is 13.4. The van der Waals surface area contributed by atoms with Crippen molar-refractivity contribution < 1.29 is 13.2 Å². The molecule has 1 aliphatic heterocycles. The molecule has 1 heterocycles. The summed E-state index contributed by atoms with van der Waals surface area (Å²) in [5.41, 5.74) is 3.13. The van der Waals surface area contributed by atoms with Crippen molar-refractivity contribution in [2.75, 3.05) is 22.7 Å². The molecule has 132 valence electrons. The number of fused-ring (bicyclic) bond motifs is 1. The first kappa shape index (κ1) is 17.3. The van der Waals surface area contributed by atoms with E-state index >= 15 is 0 Å². The number of nitrogens with one attached hydrogen (secondary N) is 2. The van der Waals surface area contributed by atoms with Gasteiger partial charge in [0, 0.05) is 24.5 Å². The number of hydrogen-bond donors (Lipinski definition) is 2. The van der Waals surface area contributed by atoms with E-state index in [-0.39, 0.29) is 10.9 Å². The second kappa shape index (κ2) is 6.76. The van der Waals surface area contributed by atoms with E-state index in [9.17, 15) is 13.2 Å². The highest BCUT2D eigenvalue weighted by Gasteiger charge is 2.26. The van der Waals surface area contributed by atoms with Gasteiger partial charge in [-0.15, -0.1) is 0 Å². The molecule has 0 aliphatic carbocycles. The molecule has 1 aliphatic rings. The maximum Gasteiger partial charge on any atom is 0.321 e. The van der Waals surface area contributed by atoms with Crippen LogP contribution >= 0.6 is 0 Å². The number of amides is 2. The molecule has 2 aromatic carbocycles. The molecule has 7 heteroatoms. The van der Waals surface area contributed by atoms with Crippen LogP contribution in [0.25, 0.3) is 0 Å². The quantitative estimate of drug-likeness (QED) is 0.881. The third-order valence-corrected chi connectivity index (χ3v) is 5.48. The molecule has 2 amide bonds. The lowest BCUT2D eigenvalue weighted by Gasteiger charge is -2.17. The number of nitrogens with zero attached hydrogens (tertiary/aromatic N) is 1. The van der Waals surface area contributed by atoms with E-state index in [1.165, 1.54) is 6.07 Å². The predicted molar refractivity (Wildman–Crippen MR) is 98.6 cm³/mol. The molecule has 2 N–H and O–H groups in total. The number of carbonyl (C=O) groups excluding carboxylic acids is 1. The van der Waals surface area contributed by atoms with Crippen molar-refractivity contribution in [3.8, 4) is 0 Å². The second-order valence-corrected chi connectivity index (χ2v) is 7.69. The van der Waals surface area contributed by atoms with Gasteiger partial charge in [-0.3, -0.25) is 9.62 Å². The number of anilines is 2. The van der Waals surface area contributed by atoms with Gasteiger partial charge >= 0.3 is 6.03 Å². The van der Waals surface area contributed by atoms with Crippen LogP contribution < -0.4 is 14.9 Å². The van der Waals surface area contributed by atoms with E-state index < -0.39 is 10.0 Å². The van der Waals surface area contributed by atoms with Gasteiger partial charge in [0.2, 0.25) is 0 Å². The summed E-state index contributed by atoms with van der Waals surface area (Å²) in [6, 6.07) is 11.9. The lowest BCUT2D eigenvalue weighted by molar-refractivity contribution is 0.247. The zero-order chi connectivity index (χ0) is 18.0. The lowest BCUT2D eigenvalue weighted by atomic mass is 10.2. The monoisotopic (exact) mass is 359 g/mol. The number of carbonyl (C=O) groups is 1. The molecular weight excluding hydrogens is 338 g/mol. The molecule has 25 heavy (non-hydrogen) atoms. The first-order valence-electron chi connectivity index (χ1n) is 8.18. The summed E-state index contributed by atoms with van der Waals surface area (Å²) < 4.78 is 27.9. The molecule has 0 saturated heterocycles. The summed E-state index contributed by atoms with van der Waals surface area (Å²) in [7, 11) is -3.67. The van der Waals surface area contributed by atoms with Gasteiger partial charge in [-0.25, -0.2) is 13.2 Å². The fraction of sp³-hybridized carbons (Fsp3) is 0.278. The van der Waals surface area contributed by atoms with Crippen molar-refractivity contribution in [3.63, 3.8) is 0 Å². The first-order chi connectivity index (χ1) is 11.9. The van der Waals surface area contributed by atoms with Crippen LogP contribution in [0.15, 0.2) is 47.4 Å². The average molecular weight is 359 g/mol. The molecule has 0 bridgehead atoms. The van der Waals surface area contributed by atoms with Gasteiger partial charge in [0.15, 0.2) is 0 Å². The largest absolute Gasteiger partial charge is 0.338 e. The Labute approximate surface area is 147 Å². The van der Waals surface area contributed by atoms with E-state index in [2.05, 4.69) is 10.0 Å². The van der Waals surface area contributed by atoms with E-state index in [0.29, 0.717) is 25.2 Å². The summed E-state index contributed by atoms with van der Waals surface area (Å²) in [6.45, 7) is 4.87. The number of benzene rings is 2. The maximum absolute atomic E-state index is 12.6. The maximum atomic E-state index is 12.6. The van der Waals surface area contributed by atoms with Crippen molar-refractivity contribution in [1.82, 2.24) is 5.32 Å². The Morgan fingerprint density at radius 1 is 1.20 bits per heavy atom. The van der Waals surface area contributed by atoms with Gasteiger partial charge < -0.3 is 5.32 Å². The summed E-state index contributed by atoms with van der Waals surface area (Å²) >= 11 is 0. The third kappa shape index (κ3) is 3.61. The minimum atomic E-state index is -3.67. The van der Waals surface area contributed by atoms with Gasteiger partial charge in [0.1, 0.15) is 0 Å². The Bertz CT molecular complexity index is 910. The zero-order valence-electron chi connectivity index (χ0n) is 14.2. The summed E-state index contributed by atoms with van der Waals surface area (Å²) in [5.74, 6) is 0. The first-order valence-corrected chi connectivity index (χ1v) is 9.67. The Balaban J connectivity index is 1.86. The predicted octanol–water partition coefficient (Wildman–Crippen LogP) is 2.89. The van der Waals surface area contributed by atoms with Crippen LogP contribution in [0.4, 0.5) is 16.2 Å². The number of sulfonamides is 1. The zero-order valence-corrected chi connectivity index (χ0v) is 15.1. The van der Waals surface area contributed by atoms with Crippen LogP contribution in [-0.2, 0) is 16.4 Å². The standard InChI is InChI=1S/C18H21N3O3S/c1-3-19-18(22)21-10-9-14-12-16(7-8-17(14)21)25(23,24)20-15-6-4-5-13(2)11-15/h4-8,11-12,20H,3,9-10H2,1-2H3,(H,19,22). The highest BCUT2D eigenvalue weighted by atomic mass is 32.2. The number of rotatable bonds is 4. The van der Waals surface area contributed by atoms with Crippen LogP contribution in [0, 0.1) is 6.92 Å². The summed E-state index contributed by atoms with van der Waals surface area (Å²) in [5, 5.41) is 2.77. The minimum Gasteiger partial charge on any atom is -0.338 e. The van der Waals surface area contributed by atoms with Crippen LogP contribution in [0.3, 0.4) is 0 Å². The van der Waals surface area contributed by atoms with E-state index in [1.807, 2.05) is 19.9 Å². The van der Waals surface area contributed by atoms with E-state index in [4.69, 9.17) is 0 Å². The van der Waals surface area contributed by atoms with Crippen LogP contribution in [0.1, 0.15) is 18.1 Å². The van der Waals surface area contributed by atoms with Crippen molar-refractivity contribution in [2.45, 2.75) is 25.2 Å². The number of urea groups is 1. The Hall–Kier alpha value is -2.54. The Morgan fingerprint density at radius 2 is 2.00 bits per heavy atom. The molecule has 0 spiro atoms. The van der Waals surface area contributed by atoms with Gasteiger partial charge in [-0.1, -0.05) is 12.1 Å². The number of hydrogen-bond acceptors (Lipinski definition) is 3. The Kier molecular flexibility index (Phi) is 4.67. The molecule has 0 unspecified atom stereocenters. The molecule has 0 radical (unpaired) electrons. The molecule has 2 aromatic rings. The van der Waals surface area contributed by atoms with Crippen molar-refractivity contribution >= 4 is 27.4 Å². The van der Waals surface area contributed by atoms with Crippen molar-refractivity contribution in [3.05, 3.63) is 53.6 Å². The third-order valence-electron chi connectivity index (χ3n) is 4.10. The van der Waals surface area contributed by atoms with Crippen molar-refractivity contribution in [1.29, 1.82) is 0 Å². The summed E-state index contributed by atoms with van der Waals surface area (Å²) in [4.78, 5) is 13.9. The van der Waals surface area contributed by atoms with E-state index in [1.54, 1.807) is 35.2 Å². The van der Waals surface area contributed by atoms with Crippen LogP contribution in [-0.4, -0.2) is 27.5 Å². The molecule has 0 saturated carbocycles. The average Bonchev–Trinajstić information content (AvgIpc) is 2.98. The smallest absolute Gasteiger partial charge is 0.321 e. The molecule has 3 rings (SSSR count). The van der Waals surface area contributed by atoms with Gasteiger partial charge in [0.25, 0.3) is 10.0 Å².